The molecule has 4 heteroatoms. The fraction of sp³-hybridized carbons (Fsp3) is 0.533. The van der Waals surface area contributed by atoms with Crippen LogP contribution in [0.5, 0.6) is 0 Å². The van der Waals surface area contributed by atoms with Crippen LogP contribution in [0.25, 0.3) is 0 Å². The fourth-order valence-electron chi connectivity index (χ4n) is 2.66. The van der Waals surface area contributed by atoms with Gasteiger partial charge in [-0.3, -0.25) is 4.79 Å². The summed E-state index contributed by atoms with van der Waals surface area (Å²) < 4.78 is 0. The lowest BCUT2D eigenvalue weighted by atomic mass is 10.0. The molecule has 1 aliphatic heterocycles. The zero-order valence-corrected chi connectivity index (χ0v) is 11.8. The number of hydrogen-bond acceptors (Lipinski definition) is 3. The molecule has 1 amide bonds. The van der Waals surface area contributed by atoms with Crippen LogP contribution in [0.4, 0.5) is 0 Å². The minimum Gasteiger partial charge on any atom is -0.396 e. The predicted octanol–water partition coefficient (Wildman–Crippen LogP) is 0.990. The molecule has 0 radical (unpaired) electrons. The van der Waals surface area contributed by atoms with E-state index in [0.717, 1.165) is 11.1 Å². The third-order valence-corrected chi connectivity index (χ3v) is 3.89. The highest BCUT2D eigenvalue weighted by atomic mass is 16.3. The number of rotatable bonds is 3. The standard InChI is InChI=1S/C15H22N2O2/c1-11-4-6-12(7-5-11)15(19)17-8-13(10-18)14(9-17)16(2)3/h4-7,13-14,18H,8-10H2,1-3H3/t13-,14+/m0/s1. The van der Waals surface area contributed by atoms with Crippen LogP contribution in [0.15, 0.2) is 24.3 Å². The van der Waals surface area contributed by atoms with E-state index in [1.165, 1.54) is 0 Å². The molecule has 1 saturated heterocycles. The van der Waals surface area contributed by atoms with E-state index < -0.39 is 0 Å². The van der Waals surface area contributed by atoms with Crippen LogP contribution in [-0.2, 0) is 0 Å². The zero-order valence-electron chi connectivity index (χ0n) is 11.8. The smallest absolute Gasteiger partial charge is 0.253 e. The predicted molar refractivity (Wildman–Crippen MR) is 75.1 cm³/mol. The number of nitrogens with zero attached hydrogens (tertiary/aromatic N) is 2. The maximum absolute atomic E-state index is 12.4. The van der Waals surface area contributed by atoms with E-state index in [-0.39, 0.29) is 24.5 Å². The lowest BCUT2D eigenvalue weighted by Gasteiger charge is -2.23. The summed E-state index contributed by atoms with van der Waals surface area (Å²) in [7, 11) is 3.99. The Balaban J connectivity index is 2.11. The van der Waals surface area contributed by atoms with Crippen LogP contribution in [0, 0.1) is 12.8 Å². The van der Waals surface area contributed by atoms with E-state index in [9.17, 15) is 9.90 Å². The quantitative estimate of drug-likeness (QED) is 0.883. The number of amides is 1. The van der Waals surface area contributed by atoms with Crippen molar-refractivity contribution in [2.75, 3.05) is 33.8 Å². The van der Waals surface area contributed by atoms with Gasteiger partial charge in [-0.15, -0.1) is 0 Å². The Kier molecular flexibility index (Phi) is 4.22. The molecule has 1 aromatic carbocycles. The van der Waals surface area contributed by atoms with Crippen molar-refractivity contribution >= 4 is 5.91 Å². The van der Waals surface area contributed by atoms with E-state index in [4.69, 9.17) is 0 Å². The first-order chi connectivity index (χ1) is 9.02. The summed E-state index contributed by atoms with van der Waals surface area (Å²) in [6.45, 7) is 3.45. The van der Waals surface area contributed by atoms with Gasteiger partial charge in [0, 0.05) is 37.2 Å². The van der Waals surface area contributed by atoms with Gasteiger partial charge in [0.25, 0.3) is 5.91 Å². The number of aliphatic hydroxyl groups is 1. The normalized spacial score (nSPS) is 23.1. The Labute approximate surface area is 114 Å². The number of likely N-dealkylation sites (tertiary alicyclic amines) is 1. The van der Waals surface area contributed by atoms with Crippen LogP contribution in [-0.4, -0.2) is 60.6 Å². The summed E-state index contributed by atoms with van der Waals surface area (Å²) in [5.74, 6) is 0.201. The van der Waals surface area contributed by atoms with Gasteiger partial charge in [0.15, 0.2) is 0 Å². The Morgan fingerprint density at radius 3 is 2.42 bits per heavy atom. The molecule has 2 rings (SSSR count). The van der Waals surface area contributed by atoms with Gasteiger partial charge in [0.1, 0.15) is 0 Å². The van der Waals surface area contributed by atoms with E-state index in [0.29, 0.717) is 13.1 Å². The molecule has 1 aliphatic rings. The van der Waals surface area contributed by atoms with E-state index >= 15 is 0 Å². The molecule has 1 heterocycles. The summed E-state index contributed by atoms with van der Waals surface area (Å²) in [4.78, 5) is 16.3. The van der Waals surface area contributed by atoms with Gasteiger partial charge in [0.2, 0.25) is 0 Å². The topological polar surface area (TPSA) is 43.8 Å². The van der Waals surface area contributed by atoms with Crippen molar-refractivity contribution in [1.82, 2.24) is 9.80 Å². The zero-order chi connectivity index (χ0) is 14.0. The molecule has 0 aromatic heterocycles. The van der Waals surface area contributed by atoms with Crippen molar-refractivity contribution in [3.63, 3.8) is 0 Å². The number of likely N-dealkylation sites (N-methyl/N-ethyl adjacent to an activating group) is 1. The van der Waals surface area contributed by atoms with Gasteiger partial charge in [-0.25, -0.2) is 0 Å². The van der Waals surface area contributed by atoms with Crippen LogP contribution < -0.4 is 0 Å². The fourth-order valence-corrected chi connectivity index (χ4v) is 2.66. The Morgan fingerprint density at radius 2 is 1.95 bits per heavy atom. The number of aryl methyl sites for hydroxylation is 1. The molecule has 4 nitrogen and oxygen atoms in total. The van der Waals surface area contributed by atoms with Crippen LogP contribution in [0.2, 0.25) is 0 Å². The second kappa shape index (κ2) is 5.72. The van der Waals surface area contributed by atoms with Gasteiger partial charge in [-0.1, -0.05) is 17.7 Å². The van der Waals surface area contributed by atoms with Crippen molar-refractivity contribution in [3.05, 3.63) is 35.4 Å². The number of carbonyl (C=O) groups excluding carboxylic acids is 1. The highest BCUT2D eigenvalue weighted by Gasteiger charge is 2.36. The molecule has 0 aliphatic carbocycles. The van der Waals surface area contributed by atoms with Crippen molar-refractivity contribution in [2.24, 2.45) is 5.92 Å². The summed E-state index contributed by atoms with van der Waals surface area (Å²) in [5.41, 5.74) is 1.87. The molecule has 0 bridgehead atoms. The summed E-state index contributed by atoms with van der Waals surface area (Å²) in [6.07, 6.45) is 0. The number of carbonyl (C=O) groups is 1. The average molecular weight is 262 g/mol. The van der Waals surface area contributed by atoms with Gasteiger partial charge in [-0.2, -0.15) is 0 Å². The third kappa shape index (κ3) is 2.96. The largest absolute Gasteiger partial charge is 0.396 e. The molecule has 2 atom stereocenters. The molecule has 104 valence electrons. The number of benzene rings is 1. The molecule has 1 aromatic rings. The summed E-state index contributed by atoms with van der Waals surface area (Å²) in [5, 5.41) is 9.43. The minimum absolute atomic E-state index is 0.0581. The molecule has 19 heavy (non-hydrogen) atoms. The van der Waals surface area contributed by atoms with E-state index in [1.54, 1.807) is 0 Å². The Morgan fingerprint density at radius 1 is 1.32 bits per heavy atom. The van der Waals surface area contributed by atoms with Gasteiger partial charge in [-0.05, 0) is 33.2 Å². The first-order valence-electron chi connectivity index (χ1n) is 6.66. The lowest BCUT2D eigenvalue weighted by Crippen LogP contribution is -2.37. The van der Waals surface area contributed by atoms with Crippen LogP contribution >= 0.6 is 0 Å². The molecule has 0 unspecified atom stereocenters. The SMILES string of the molecule is Cc1ccc(C(=O)N2C[C@@H](CO)[C@H](N(C)C)C2)cc1. The molecule has 1 fully saturated rings. The van der Waals surface area contributed by atoms with Crippen molar-refractivity contribution < 1.29 is 9.90 Å². The molecular formula is C15H22N2O2. The van der Waals surface area contributed by atoms with Gasteiger partial charge >= 0.3 is 0 Å². The summed E-state index contributed by atoms with van der Waals surface area (Å²) in [6, 6.07) is 7.88. The maximum Gasteiger partial charge on any atom is 0.253 e. The van der Waals surface area contributed by atoms with Crippen molar-refractivity contribution in [2.45, 2.75) is 13.0 Å². The van der Waals surface area contributed by atoms with Gasteiger partial charge in [0.05, 0.1) is 0 Å². The second-order valence-electron chi connectivity index (χ2n) is 5.55. The molecule has 0 saturated carbocycles. The molecule has 1 N–H and O–H groups in total. The summed E-state index contributed by atoms with van der Waals surface area (Å²) >= 11 is 0. The second-order valence-corrected chi connectivity index (χ2v) is 5.55. The van der Waals surface area contributed by atoms with E-state index in [2.05, 4.69) is 4.90 Å². The number of aliphatic hydroxyl groups excluding tert-OH is 1. The highest BCUT2D eigenvalue weighted by molar-refractivity contribution is 5.94. The Hall–Kier alpha value is -1.39. The Bertz CT molecular complexity index is 442. The van der Waals surface area contributed by atoms with Gasteiger partial charge < -0.3 is 14.9 Å². The third-order valence-electron chi connectivity index (χ3n) is 3.89. The average Bonchev–Trinajstić information content (AvgIpc) is 2.83. The van der Waals surface area contributed by atoms with Crippen molar-refractivity contribution in [3.8, 4) is 0 Å². The van der Waals surface area contributed by atoms with E-state index in [1.807, 2.05) is 50.2 Å². The van der Waals surface area contributed by atoms with Crippen molar-refractivity contribution in [1.29, 1.82) is 0 Å². The monoisotopic (exact) mass is 262 g/mol. The van der Waals surface area contributed by atoms with Crippen LogP contribution in [0.1, 0.15) is 15.9 Å². The lowest BCUT2D eigenvalue weighted by molar-refractivity contribution is 0.0779. The van der Waals surface area contributed by atoms with Crippen LogP contribution in [0.3, 0.4) is 0 Å². The first kappa shape index (κ1) is 14.0. The number of hydrogen-bond donors (Lipinski definition) is 1. The highest BCUT2D eigenvalue weighted by Crippen LogP contribution is 2.22. The first-order valence-corrected chi connectivity index (χ1v) is 6.66. The minimum atomic E-state index is 0.0581. The molecular weight excluding hydrogens is 240 g/mol. The maximum atomic E-state index is 12.4. The molecule has 0 spiro atoms.